The van der Waals surface area contributed by atoms with E-state index in [4.69, 9.17) is 9.47 Å². The summed E-state index contributed by atoms with van der Waals surface area (Å²) < 4.78 is 25.9. The molecule has 0 bridgehead atoms. The van der Waals surface area contributed by atoms with Crippen molar-refractivity contribution in [2.75, 3.05) is 29.9 Å². The third-order valence-electron chi connectivity index (χ3n) is 5.16. The first kappa shape index (κ1) is 22.3. The number of benzene rings is 1. The number of carbonyl (C=O) groups is 2. The highest BCUT2D eigenvalue weighted by molar-refractivity contribution is 5.97. The zero-order valence-electron chi connectivity index (χ0n) is 18.4. The van der Waals surface area contributed by atoms with Crippen molar-refractivity contribution in [3.05, 3.63) is 24.0 Å². The summed E-state index contributed by atoms with van der Waals surface area (Å²) in [5.41, 5.74) is 0.228. The topological polar surface area (TPSA) is 71.1 Å². The van der Waals surface area contributed by atoms with Gasteiger partial charge in [-0.2, -0.15) is 0 Å². The number of rotatable bonds is 3. The second kappa shape index (κ2) is 8.79. The third-order valence-corrected chi connectivity index (χ3v) is 5.16. The lowest BCUT2D eigenvalue weighted by molar-refractivity contribution is -0.120. The second-order valence-electron chi connectivity index (χ2n) is 9.15. The van der Waals surface area contributed by atoms with Crippen LogP contribution in [0.3, 0.4) is 0 Å². The summed E-state index contributed by atoms with van der Waals surface area (Å²) in [6.07, 6.45) is 0.812. The van der Waals surface area contributed by atoms with Gasteiger partial charge in [-0.3, -0.25) is 9.69 Å². The van der Waals surface area contributed by atoms with Crippen LogP contribution in [0.25, 0.3) is 0 Å². The van der Waals surface area contributed by atoms with E-state index in [1.54, 1.807) is 32.9 Å². The Morgan fingerprint density at radius 3 is 2.47 bits per heavy atom. The molecule has 1 N–H and O–H groups in total. The number of carbonyl (C=O) groups excluding carboxylic acids is 2. The zero-order chi connectivity index (χ0) is 22.1. The molecule has 8 heteroatoms. The highest BCUT2D eigenvalue weighted by Crippen LogP contribution is 2.27. The average Bonchev–Trinajstić information content (AvgIpc) is 3.09. The molecule has 2 fully saturated rings. The van der Waals surface area contributed by atoms with Gasteiger partial charge in [0.05, 0.1) is 17.9 Å². The van der Waals surface area contributed by atoms with Crippen LogP contribution in [0.2, 0.25) is 0 Å². The first-order valence-corrected chi connectivity index (χ1v) is 10.5. The molecule has 1 aromatic carbocycles. The molecular formula is C22H32FN3O4. The average molecular weight is 422 g/mol. The minimum Gasteiger partial charge on any atom is -0.444 e. The molecule has 166 valence electrons. The zero-order valence-corrected chi connectivity index (χ0v) is 18.4. The quantitative estimate of drug-likeness (QED) is 0.804. The number of amides is 2. The van der Waals surface area contributed by atoms with Crippen molar-refractivity contribution < 1.29 is 23.5 Å². The van der Waals surface area contributed by atoms with Crippen LogP contribution in [0.4, 0.5) is 20.6 Å². The smallest absolute Gasteiger partial charge is 0.410 e. The molecule has 2 saturated heterocycles. The summed E-state index contributed by atoms with van der Waals surface area (Å²) >= 11 is 0. The van der Waals surface area contributed by atoms with Gasteiger partial charge in [0.25, 0.3) is 0 Å². The van der Waals surface area contributed by atoms with Crippen LogP contribution in [-0.4, -0.2) is 60.4 Å². The Hall–Kier alpha value is -2.35. The van der Waals surface area contributed by atoms with Crippen LogP contribution in [0.1, 0.15) is 47.5 Å². The van der Waals surface area contributed by atoms with Crippen molar-refractivity contribution in [1.29, 1.82) is 0 Å². The molecule has 0 radical (unpaired) electrons. The molecule has 0 spiro atoms. The van der Waals surface area contributed by atoms with Gasteiger partial charge in [0.1, 0.15) is 17.5 Å². The number of hydrogen-bond acceptors (Lipinski definition) is 5. The maximum atomic E-state index is 14.8. The summed E-state index contributed by atoms with van der Waals surface area (Å²) in [5.74, 6) is -0.733. The Balaban J connectivity index is 1.66. The van der Waals surface area contributed by atoms with E-state index in [-0.39, 0.29) is 18.1 Å². The van der Waals surface area contributed by atoms with Crippen LogP contribution in [0.15, 0.2) is 18.2 Å². The number of ether oxygens (including phenoxy) is 2. The predicted molar refractivity (Wildman–Crippen MR) is 113 cm³/mol. The first-order chi connectivity index (χ1) is 14.0. The number of halogens is 1. The van der Waals surface area contributed by atoms with Crippen molar-refractivity contribution in [2.45, 2.75) is 71.3 Å². The molecule has 2 aliphatic rings. The van der Waals surface area contributed by atoms with E-state index in [2.05, 4.69) is 5.32 Å². The van der Waals surface area contributed by atoms with E-state index >= 15 is 0 Å². The molecule has 0 saturated carbocycles. The Kier molecular flexibility index (Phi) is 6.55. The normalized spacial score (nSPS) is 24.7. The van der Waals surface area contributed by atoms with Crippen LogP contribution >= 0.6 is 0 Å². The fourth-order valence-corrected chi connectivity index (χ4v) is 4.02. The summed E-state index contributed by atoms with van der Waals surface area (Å²) in [6.45, 7) is 11.0. The van der Waals surface area contributed by atoms with E-state index < -0.39 is 23.6 Å². The van der Waals surface area contributed by atoms with Crippen LogP contribution in [0, 0.1) is 5.82 Å². The molecule has 2 aliphatic heterocycles. The molecule has 3 rings (SSSR count). The van der Waals surface area contributed by atoms with Gasteiger partial charge in [-0.1, -0.05) is 0 Å². The molecular weight excluding hydrogens is 389 g/mol. The van der Waals surface area contributed by atoms with E-state index in [0.29, 0.717) is 37.4 Å². The Labute approximate surface area is 177 Å². The molecule has 7 nitrogen and oxygen atoms in total. The van der Waals surface area contributed by atoms with Crippen molar-refractivity contribution >= 4 is 23.4 Å². The van der Waals surface area contributed by atoms with Crippen LogP contribution in [0.5, 0.6) is 0 Å². The molecule has 3 atom stereocenters. The molecule has 2 heterocycles. The predicted octanol–water partition coefficient (Wildman–Crippen LogP) is 3.78. The van der Waals surface area contributed by atoms with E-state index in [1.165, 1.54) is 11.0 Å². The van der Waals surface area contributed by atoms with Crippen LogP contribution < -0.4 is 10.2 Å². The lowest BCUT2D eigenvalue weighted by Crippen LogP contribution is -2.46. The number of anilines is 2. The Morgan fingerprint density at radius 1 is 1.20 bits per heavy atom. The van der Waals surface area contributed by atoms with Crippen molar-refractivity contribution in [3.8, 4) is 0 Å². The van der Waals surface area contributed by atoms with Gasteiger partial charge in [-0.05, 0) is 65.7 Å². The molecule has 1 aromatic rings. The summed E-state index contributed by atoms with van der Waals surface area (Å²) in [7, 11) is 0. The van der Waals surface area contributed by atoms with Crippen molar-refractivity contribution in [1.82, 2.24) is 4.90 Å². The summed E-state index contributed by atoms with van der Waals surface area (Å²) in [6, 6.07) is 4.07. The lowest BCUT2D eigenvalue weighted by Gasteiger charge is -2.37. The van der Waals surface area contributed by atoms with E-state index in [1.807, 2.05) is 18.7 Å². The number of hydrogen-bond donors (Lipinski definition) is 1. The summed E-state index contributed by atoms with van der Waals surface area (Å²) in [5, 5.41) is 2.75. The molecule has 3 unspecified atom stereocenters. The maximum Gasteiger partial charge on any atom is 0.410 e. The van der Waals surface area contributed by atoms with Crippen LogP contribution in [-0.2, 0) is 14.3 Å². The van der Waals surface area contributed by atoms with Gasteiger partial charge in [0.2, 0.25) is 5.91 Å². The third kappa shape index (κ3) is 5.41. The van der Waals surface area contributed by atoms with E-state index in [9.17, 15) is 14.0 Å². The van der Waals surface area contributed by atoms with Gasteiger partial charge in [-0.15, -0.1) is 0 Å². The van der Waals surface area contributed by atoms with Crippen molar-refractivity contribution in [3.63, 3.8) is 0 Å². The second-order valence-corrected chi connectivity index (χ2v) is 9.15. The van der Waals surface area contributed by atoms with Gasteiger partial charge >= 0.3 is 6.09 Å². The maximum absolute atomic E-state index is 14.8. The fourth-order valence-electron chi connectivity index (χ4n) is 4.02. The number of likely N-dealkylation sites (tertiary alicyclic amines) is 1. The van der Waals surface area contributed by atoms with Crippen molar-refractivity contribution in [2.24, 2.45) is 0 Å². The molecule has 2 amide bonds. The minimum atomic E-state index is -0.631. The van der Waals surface area contributed by atoms with Gasteiger partial charge in [0.15, 0.2) is 0 Å². The number of nitrogens with one attached hydrogen (secondary N) is 1. The van der Waals surface area contributed by atoms with Gasteiger partial charge in [0, 0.05) is 25.3 Å². The molecule has 30 heavy (non-hydrogen) atoms. The lowest BCUT2D eigenvalue weighted by atomic mass is 10.1. The fraction of sp³-hybridized carbons (Fsp3) is 0.636. The first-order valence-electron chi connectivity index (χ1n) is 10.5. The monoisotopic (exact) mass is 421 g/mol. The van der Waals surface area contributed by atoms with Gasteiger partial charge < -0.3 is 19.7 Å². The van der Waals surface area contributed by atoms with Gasteiger partial charge in [-0.25, -0.2) is 9.18 Å². The number of morpholine rings is 1. The standard InChI is InChI=1S/C22H32FN3O4/c1-14-12-25(13-15(2)29-14)18-9-8-16(11-17(18)23)24-20(27)19-7-6-10-26(19)21(28)30-22(3,4)5/h8-9,11,14-15,19H,6-7,10,12-13H2,1-5H3,(H,24,27). The molecule has 0 aliphatic carbocycles. The molecule has 0 aromatic heterocycles. The highest BCUT2D eigenvalue weighted by atomic mass is 19.1. The highest BCUT2D eigenvalue weighted by Gasteiger charge is 2.36. The summed E-state index contributed by atoms with van der Waals surface area (Å²) in [4.78, 5) is 28.6. The Bertz CT molecular complexity index is 785. The van der Waals surface area contributed by atoms with E-state index in [0.717, 1.165) is 6.42 Å². The SMILES string of the molecule is CC1CN(c2ccc(NC(=O)C3CCCN3C(=O)OC(C)(C)C)cc2F)CC(C)O1. The largest absolute Gasteiger partial charge is 0.444 e. The Morgan fingerprint density at radius 2 is 1.87 bits per heavy atom. The number of nitrogens with zero attached hydrogens (tertiary/aromatic N) is 2. The minimum absolute atomic E-state index is 0.0220.